The summed E-state index contributed by atoms with van der Waals surface area (Å²) in [5.74, 6) is -0.393. The Hall–Kier alpha value is -4.24. The number of amides is 3. The normalized spacial score (nSPS) is 10.6. The Morgan fingerprint density at radius 1 is 0.875 bits per heavy atom. The number of nitrogens with one attached hydrogen (secondary N) is 3. The quantitative estimate of drug-likeness (QED) is 0.344. The average molecular weight is 451 g/mol. The molecule has 4 aromatic rings. The summed E-state index contributed by atoms with van der Waals surface area (Å²) in [5, 5.41) is 8.96. The minimum Gasteiger partial charge on any atom is -0.351 e. The molecule has 10 heteroatoms. The highest BCUT2D eigenvalue weighted by atomic mass is 35.5. The Balaban J connectivity index is 1.57. The standard InChI is InChI=1S/C22H16ClFN6O2/c23-17-10-15(5-7-18(17)24)28-20-16-9-14(6-8-19(16)26-11-27-20)29-21(31)12-1-3-13(4-2-12)30-22(25)32/h1-11H,(H,29,31)(H3,25,30,32)(H,26,27,28). The number of fused-ring (bicyclic) bond motifs is 1. The molecule has 0 spiro atoms. The number of aromatic nitrogens is 2. The summed E-state index contributed by atoms with van der Waals surface area (Å²) in [6.45, 7) is 0. The minimum absolute atomic E-state index is 0.0154. The van der Waals surface area contributed by atoms with Crippen molar-refractivity contribution in [3.05, 3.63) is 83.4 Å². The van der Waals surface area contributed by atoms with Crippen molar-refractivity contribution in [2.75, 3.05) is 16.0 Å². The molecule has 0 unspecified atom stereocenters. The van der Waals surface area contributed by atoms with Crippen molar-refractivity contribution in [2.45, 2.75) is 0 Å². The lowest BCUT2D eigenvalue weighted by Crippen LogP contribution is -2.19. The highest BCUT2D eigenvalue weighted by Crippen LogP contribution is 2.28. The highest BCUT2D eigenvalue weighted by molar-refractivity contribution is 6.31. The summed E-state index contributed by atoms with van der Waals surface area (Å²) in [5.41, 5.74) is 7.67. The second kappa shape index (κ2) is 8.86. The van der Waals surface area contributed by atoms with Gasteiger partial charge in [-0.05, 0) is 60.7 Å². The first-order valence-corrected chi connectivity index (χ1v) is 9.71. The number of halogens is 2. The van der Waals surface area contributed by atoms with Crippen LogP contribution in [0.1, 0.15) is 10.4 Å². The van der Waals surface area contributed by atoms with E-state index in [-0.39, 0.29) is 10.9 Å². The lowest BCUT2D eigenvalue weighted by molar-refractivity contribution is 0.102. The third-order valence-electron chi connectivity index (χ3n) is 4.49. The molecule has 0 bridgehead atoms. The third kappa shape index (κ3) is 4.73. The van der Waals surface area contributed by atoms with Crippen LogP contribution in [0.4, 0.5) is 32.1 Å². The molecule has 0 radical (unpaired) electrons. The molecule has 5 N–H and O–H groups in total. The van der Waals surface area contributed by atoms with Gasteiger partial charge in [0.1, 0.15) is 18.0 Å². The number of hydrogen-bond acceptors (Lipinski definition) is 5. The van der Waals surface area contributed by atoms with Gasteiger partial charge in [0.05, 0.1) is 10.5 Å². The Bertz CT molecular complexity index is 1330. The van der Waals surface area contributed by atoms with Crippen molar-refractivity contribution in [1.29, 1.82) is 0 Å². The van der Waals surface area contributed by atoms with E-state index in [0.717, 1.165) is 0 Å². The van der Waals surface area contributed by atoms with Gasteiger partial charge >= 0.3 is 6.03 Å². The Labute approximate surface area is 186 Å². The SMILES string of the molecule is NC(=O)Nc1ccc(C(=O)Nc2ccc3ncnc(Nc4ccc(F)c(Cl)c4)c3c2)cc1. The van der Waals surface area contributed by atoms with Crippen LogP contribution in [0.25, 0.3) is 10.9 Å². The van der Waals surface area contributed by atoms with Crippen molar-refractivity contribution in [1.82, 2.24) is 9.97 Å². The number of nitrogens with two attached hydrogens (primary N) is 1. The predicted molar refractivity (Wildman–Crippen MR) is 122 cm³/mol. The fourth-order valence-corrected chi connectivity index (χ4v) is 3.18. The maximum Gasteiger partial charge on any atom is 0.316 e. The molecule has 4 rings (SSSR count). The Kier molecular flexibility index (Phi) is 5.82. The van der Waals surface area contributed by atoms with Gasteiger partial charge < -0.3 is 21.7 Å². The van der Waals surface area contributed by atoms with E-state index in [4.69, 9.17) is 17.3 Å². The summed E-state index contributed by atoms with van der Waals surface area (Å²) >= 11 is 5.85. The molecule has 0 atom stereocenters. The maximum atomic E-state index is 13.4. The van der Waals surface area contributed by atoms with E-state index in [9.17, 15) is 14.0 Å². The van der Waals surface area contributed by atoms with E-state index in [2.05, 4.69) is 25.9 Å². The molecule has 0 saturated carbocycles. The number of urea groups is 1. The number of nitrogens with zero attached hydrogens (tertiary/aromatic N) is 2. The average Bonchev–Trinajstić information content (AvgIpc) is 2.77. The molecule has 0 fully saturated rings. The lowest BCUT2D eigenvalue weighted by Gasteiger charge is -2.11. The molecule has 0 aliphatic heterocycles. The van der Waals surface area contributed by atoms with Crippen molar-refractivity contribution < 1.29 is 14.0 Å². The molecule has 1 heterocycles. The van der Waals surface area contributed by atoms with Crippen LogP contribution >= 0.6 is 11.6 Å². The molecular weight excluding hydrogens is 435 g/mol. The maximum absolute atomic E-state index is 13.4. The van der Waals surface area contributed by atoms with Gasteiger partial charge in [0.15, 0.2) is 0 Å². The van der Waals surface area contributed by atoms with Gasteiger partial charge in [-0.3, -0.25) is 4.79 Å². The largest absolute Gasteiger partial charge is 0.351 e. The number of carbonyl (C=O) groups excluding carboxylic acids is 2. The van der Waals surface area contributed by atoms with E-state index < -0.39 is 11.8 Å². The molecule has 3 amide bonds. The lowest BCUT2D eigenvalue weighted by atomic mass is 10.1. The summed E-state index contributed by atoms with van der Waals surface area (Å²) < 4.78 is 13.4. The summed E-state index contributed by atoms with van der Waals surface area (Å²) in [6.07, 6.45) is 1.40. The van der Waals surface area contributed by atoms with Crippen molar-refractivity contribution >= 4 is 57.3 Å². The molecule has 3 aromatic carbocycles. The van der Waals surface area contributed by atoms with E-state index in [1.54, 1.807) is 42.5 Å². The Morgan fingerprint density at radius 2 is 1.59 bits per heavy atom. The zero-order valence-corrected chi connectivity index (χ0v) is 17.2. The monoisotopic (exact) mass is 450 g/mol. The van der Waals surface area contributed by atoms with E-state index >= 15 is 0 Å². The topological polar surface area (TPSA) is 122 Å². The van der Waals surface area contributed by atoms with Crippen LogP contribution in [0.3, 0.4) is 0 Å². The van der Waals surface area contributed by atoms with Crippen LogP contribution in [-0.2, 0) is 0 Å². The molecule has 32 heavy (non-hydrogen) atoms. The molecule has 0 saturated heterocycles. The molecule has 0 aliphatic rings. The summed E-state index contributed by atoms with van der Waals surface area (Å²) in [7, 11) is 0. The number of benzene rings is 3. The molecular formula is C22H16ClFN6O2. The van der Waals surface area contributed by atoms with Crippen molar-refractivity contribution in [3.8, 4) is 0 Å². The molecule has 1 aromatic heterocycles. The van der Waals surface area contributed by atoms with Crippen LogP contribution in [0.15, 0.2) is 67.0 Å². The number of hydrogen-bond donors (Lipinski definition) is 4. The summed E-state index contributed by atoms with van der Waals surface area (Å²) in [6, 6.07) is 15.0. The van der Waals surface area contributed by atoms with Crippen molar-refractivity contribution in [2.24, 2.45) is 5.73 Å². The third-order valence-corrected chi connectivity index (χ3v) is 4.78. The molecule has 0 aliphatic carbocycles. The number of rotatable bonds is 5. The van der Waals surface area contributed by atoms with E-state index in [0.29, 0.717) is 39.3 Å². The molecule has 160 valence electrons. The van der Waals surface area contributed by atoms with Gasteiger partial charge in [0.25, 0.3) is 5.91 Å². The van der Waals surface area contributed by atoms with Gasteiger partial charge in [0.2, 0.25) is 0 Å². The van der Waals surface area contributed by atoms with Gasteiger partial charge in [-0.25, -0.2) is 19.2 Å². The van der Waals surface area contributed by atoms with Crippen LogP contribution in [0.5, 0.6) is 0 Å². The van der Waals surface area contributed by atoms with Gasteiger partial charge in [0, 0.05) is 28.0 Å². The van der Waals surface area contributed by atoms with Crippen molar-refractivity contribution in [3.63, 3.8) is 0 Å². The number of primary amides is 1. The summed E-state index contributed by atoms with van der Waals surface area (Å²) in [4.78, 5) is 32.0. The van der Waals surface area contributed by atoms with Crippen LogP contribution in [-0.4, -0.2) is 21.9 Å². The van der Waals surface area contributed by atoms with E-state index in [1.165, 1.54) is 24.5 Å². The first-order valence-electron chi connectivity index (χ1n) is 9.34. The van der Waals surface area contributed by atoms with Gasteiger partial charge in [-0.1, -0.05) is 11.6 Å². The van der Waals surface area contributed by atoms with Crippen LogP contribution < -0.4 is 21.7 Å². The van der Waals surface area contributed by atoms with Crippen LogP contribution in [0.2, 0.25) is 5.02 Å². The fraction of sp³-hybridized carbons (Fsp3) is 0. The highest BCUT2D eigenvalue weighted by Gasteiger charge is 2.10. The van der Waals surface area contributed by atoms with Gasteiger partial charge in [-0.15, -0.1) is 0 Å². The first-order chi connectivity index (χ1) is 15.4. The van der Waals surface area contributed by atoms with Gasteiger partial charge in [-0.2, -0.15) is 0 Å². The fourth-order valence-electron chi connectivity index (χ4n) is 3.00. The van der Waals surface area contributed by atoms with Crippen LogP contribution in [0, 0.1) is 5.82 Å². The van der Waals surface area contributed by atoms with E-state index in [1.807, 2.05) is 0 Å². The Morgan fingerprint density at radius 3 is 2.31 bits per heavy atom. The zero-order valence-electron chi connectivity index (χ0n) is 16.4. The zero-order chi connectivity index (χ0) is 22.7. The predicted octanol–water partition coefficient (Wildman–Crippen LogP) is 4.91. The number of carbonyl (C=O) groups is 2. The smallest absolute Gasteiger partial charge is 0.316 e. The number of anilines is 4. The second-order valence-electron chi connectivity index (χ2n) is 6.73. The first kappa shape index (κ1) is 21.0. The molecule has 8 nitrogen and oxygen atoms in total. The minimum atomic E-state index is -0.687. The second-order valence-corrected chi connectivity index (χ2v) is 7.14.